The van der Waals surface area contributed by atoms with Gasteiger partial charge in [-0.15, -0.1) is 11.8 Å². The van der Waals surface area contributed by atoms with Crippen LogP contribution in [0.4, 0.5) is 0 Å². The third kappa shape index (κ3) is 2.40. The zero-order valence-corrected chi connectivity index (χ0v) is 12.7. The van der Waals surface area contributed by atoms with Crippen molar-refractivity contribution in [3.8, 4) is 0 Å². The van der Waals surface area contributed by atoms with Crippen molar-refractivity contribution in [2.75, 3.05) is 5.75 Å². The second-order valence-electron chi connectivity index (χ2n) is 5.35. The summed E-state index contributed by atoms with van der Waals surface area (Å²) >= 11 is 1.84. The molecule has 0 radical (unpaired) electrons. The first-order valence-electron chi connectivity index (χ1n) is 7.32. The van der Waals surface area contributed by atoms with Crippen molar-refractivity contribution in [1.82, 2.24) is 5.32 Å². The minimum atomic E-state index is -0.150. The number of hydrogen-bond donors (Lipinski definition) is 1. The minimum absolute atomic E-state index is 0.0539. The molecule has 0 saturated carbocycles. The Morgan fingerprint density at radius 1 is 1.14 bits per heavy atom. The number of hydrogen-bond acceptors (Lipinski definition) is 3. The maximum Gasteiger partial charge on any atom is 0.287 e. The molecule has 0 fully saturated rings. The number of fused-ring (bicyclic) bond motifs is 2. The van der Waals surface area contributed by atoms with Crippen LogP contribution in [0.25, 0.3) is 11.0 Å². The molecule has 4 heteroatoms. The molecule has 0 bridgehead atoms. The smallest absolute Gasteiger partial charge is 0.287 e. The molecule has 0 saturated heterocycles. The number of furan rings is 1. The molecule has 0 aliphatic carbocycles. The number of rotatable bonds is 2. The number of carbonyl (C=O) groups excluding carboxylic acids is 1. The molecule has 22 heavy (non-hydrogen) atoms. The van der Waals surface area contributed by atoms with E-state index >= 15 is 0 Å². The molecule has 1 N–H and O–H groups in total. The van der Waals surface area contributed by atoms with E-state index < -0.39 is 0 Å². The molecular weight excluding hydrogens is 294 g/mol. The molecule has 0 unspecified atom stereocenters. The molecule has 0 spiro atoms. The Bertz CT molecular complexity index is 807. The third-order valence-electron chi connectivity index (χ3n) is 3.91. The van der Waals surface area contributed by atoms with Crippen molar-refractivity contribution in [3.63, 3.8) is 0 Å². The molecule has 3 aromatic rings. The normalized spacial score (nSPS) is 17.2. The predicted molar refractivity (Wildman–Crippen MR) is 88.2 cm³/mol. The number of para-hydroxylation sites is 1. The molecule has 3 nitrogen and oxygen atoms in total. The van der Waals surface area contributed by atoms with Crippen molar-refractivity contribution >= 4 is 28.6 Å². The van der Waals surface area contributed by atoms with Crippen LogP contribution in [0, 0.1) is 0 Å². The van der Waals surface area contributed by atoms with E-state index in [1.165, 1.54) is 10.5 Å². The number of amides is 1. The summed E-state index contributed by atoms with van der Waals surface area (Å²) in [6.45, 7) is 0. The second kappa shape index (κ2) is 5.54. The Labute approximate surface area is 132 Å². The zero-order chi connectivity index (χ0) is 14.9. The lowest BCUT2D eigenvalue weighted by atomic mass is 10.0. The van der Waals surface area contributed by atoms with E-state index in [0.29, 0.717) is 5.76 Å². The van der Waals surface area contributed by atoms with Crippen LogP contribution in [0.2, 0.25) is 0 Å². The van der Waals surface area contributed by atoms with E-state index in [2.05, 4.69) is 17.4 Å². The van der Waals surface area contributed by atoms with Gasteiger partial charge in [0.25, 0.3) is 5.91 Å². The average molecular weight is 309 g/mol. The molecule has 2 aromatic carbocycles. The van der Waals surface area contributed by atoms with Gasteiger partial charge in [0.15, 0.2) is 5.76 Å². The van der Waals surface area contributed by atoms with Gasteiger partial charge in [-0.1, -0.05) is 36.4 Å². The summed E-state index contributed by atoms with van der Waals surface area (Å²) in [7, 11) is 0. The molecule has 1 aliphatic heterocycles. The fraction of sp³-hybridized carbons (Fsp3) is 0.167. The summed E-state index contributed by atoms with van der Waals surface area (Å²) in [5.41, 5.74) is 1.94. The van der Waals surface area contributed by atoms with Gasteiger partial charge in [0.1, 0.15) is 5.58 Å². The highest BCUT2D eigenvalue weighted by molar-refractivity contribution is 7.99. The first-order chi connectivity index (χ1) is 10.8. The standard InChI is InChI=1S/C18H15NO2S/c20-18(16-11-12-5-1-3-7-15(12)21-16)19-14-9-10-22-17-8-4-2-6-13(14)17/h1-8,11,14H,9-10H2,(H,19,20)/t14-/m1/s1. The summed E-state index contributed by atoms with van der Waals surface area (Å²) in [4.78, 5) is 13.7. The van der Waals surface area contributed by atoms with Crippen LogP contribution >= 0.6 is 11.8 Å². The molecule has 1 aromatic heterocycles. The maximum absolute atomic E-state index is 12.5. The van der Waals surface area contributed by atoms with Crippen molar-refractivity contribution < 1.29 is 9.21 Å². The number of nitrogens with one attached hydrogen (secondary N) is 1. The topological polar surface area (TPSA) is 42.2 Å². The highest BCUT2D eigenvalue weighted by atomic mass is 32.2. The monoisotopic (exact) mass is 309 g/mol. The Kier molecular flexibility index (Phi) is 3.39. The Morgan fingerprint density at radius 3 is 2.86 bits per heavy atom. The largest absolute Gasteiger partial charge is 0.451 e. The summed E-state index contributed by atoms with van der Waals surface area (Å²) in [6.07, 6.45) is 0.938. The van der Waals surface area contributed by atoms with E-state index in [-0.39, 0.29) is 11.9 Å². The lowest BCUT2D eigenvalue weighted by Gasteiger charge is -2.25. The number of carbonyl (C=O) groups is 1. The van der Waals surface area contributed by atoms with Crippen molar-refractivity contribution in [2.24, 2.45) is 0 Å². The van der Waals surface area contributed by atoms with Crippen molar-refractivity contribution in [1.29, 1.82) is 0 Å². The first-order valence-corrected chi connectivity index (χ1v) is 8.31. The van der Waals surface area contributed by atoms with Crippen molar-refractivity contribution in [2.45, 2.75) is 17.4 Å². The van der Waals surface area contributed by atoms with Gasteiger partial charge < -0.3 is 9.73 Å². The highest BCUT2D eigenvalue weighted by Gasteiger charge is 2.23. The van der Waals surface area contributed by atoms with Crippen molar-refractivity contribution in [3.05, 3.63) is 65.9 Å². The number of thioether (sulfide) groups is 1. The van der Waals surface area contributed by atoms with Crippen LogP contribution in [0.1, 0.15) is 28.6 Å². The van der Waals surface area contributed by atoms with Gasteiger partial charge in [0, 0.05) is 16.0 Å². The van der Waals surface area contributed by atoms with Gasteiger partial charge in [0.2, 0.25) is 0 Å². The molecule has 4 rings (SSSR count). The fourth-order valence-corrected chi connectivity index (χ4v) is 3.94. The summed E-state index contributed by atoms with van der Waals surface area (Å²) in [5.74, 6) is 1.24. The quantitative estimate of drug-likeness (QED) is 0.763. The number of benzene rings is 2. The minimum Gasteiger partial charge on any atom is -0.451 e. The Hall–Kier alpha value is -2.20. The Balaban J connectivity index is 1.60. The van der Waals surface area contributed by atoms with E-state index in [9.17, 15) is 4.79 Å². The van der Waals surface area contributed by atoms with Gasteiger partial charge >= 0.3 is 0 Å². The van der Waals surface area contributed by atoms with E-state index in [4.69, 9.17) is 4.42 Å². The van der Waals surface area contributed by atoms with Gasteiger partial charge in [-0.2, -0.15) is 0 Å². The van der Waals surface area contributed by atoms with Crippen LogP contribution < -0.4 is 5.32 Å². The summed E-state index contributed by atoms with van der Waals surface area (Å²) < 4.78 is 5.64. The van der Waals surface area contributed by atoms with Gasteiger partial charge in [-0.05, 0) is 30.2 Å². The first kappa shape index (κ1) is 13.5. The molecule has 1 amide bonds. The van der Waals surface area contributed by atoms with E-state index in [1.807, 2.05) is 48.2 Å². The van der Waals surface area contributed by atoms with E-state index in [0.717, 1.165) is 23.1 Å². The van der Waals surface area contributed by atoms with Crippen LogP contribution in [-0.4, -0.2) is 11.7 Å². The lowest BCUT2D eigenvalue weighted by Crippen LogP contribution is -2.30. The third-order valence-corrected chi connectivity index (χ3v) is 5.04. The van der Waals surface area contributed by atoms with Gasteiger partial charge in [0.05, 0.1) is 6.04 Å². The fourth-order valence-electron chi connectivity index (χ4n) is 2.82. The zero-order valence-electron chi connectivity index (χ0n) is 11.9. The SMILES string of the molecule is O=C(N[C@@H]1CCSc2ccccc21)c1cc2ccccc2o1. The maximum atomic E-state index is 12.5. The van der Waals surface area contributed by atoms with Crippen LogP contribution in [0.3, 0.4) is 0 Å². The Morgan fingerprint density at radius 2 is 1.95 bits per heavy atom. The molecule has 1 atom stereocenters. The summed E-state index contributed by atoms with van der Waals surface area (Å²) in [6, 6.07) is 17.8. The molecule has 2 heterocycles. The average Bonchev–Trinajstić information content (AvgIpc) is 2.99. The second-order valence-corrected chi connectivity index (χ2v) is 6.49. The molecule has 1 aliphatic rings. The van der Waals surface area contributed by atoms with Gasteiger partial charge in [-0.25, -0.2) is 0 Å². The highest BCUT2D eigenvalue weighted by Crippen LogP contribution is 2.36. The van der Waals surface area contributed by atoms with Crippen LogP contribution in [0.5, 0.6) is 0 Å². The predicted octanol–water partition coefficient (Wildman–Crippen LogP) is 4.40. The van der Waals surface area contributed by atoms with Crippen LogP contribution in [0.15, 0.2) is 63.9 Å². The van der Waals surface area contributed by atoms with Gasteiger partial charge in [-0.3, -0.25) is 4.79 Å². The van der Waals surface area contributed by atoms with E-state index in [1.54, 1.807) is 6.07 Å². The molecular formula is C18H15NO2S. The summed E-state index contributed by atoms with van der Waals surface area (Å²) in [5, 5.41) is 4.06. The molecule has 110 valence electrons. The lowest BCUT2D eigenvalue weighted by molar-refractivity contribution is 0.0909. The van der Waals surface area contributed by atoms with Crippen LogP contribution in [-0.2, 0) is 0 Å².